The fourth-order valence-corrected chi connectivity index (χ4v) is 8.66. The second kappa shape index (κ2) is 9.62. The van der Waals surface area contributed by atoms with Gasteiger partial charge in [0.1, 0.15) is 4.21 Å². The van der Waals surface area contributed by atoms with Gasteiger partial charge in [0, 0.05) is 51.4 Å². The summed E-state index contributed by atoms with van der Waals surface area (Å²) in [5, 5.41) is 11.8. The Kier molecular flexibility index (Phi) is 6.70. The van der Waals surface area contributed by atoms with E-state index in [1.165, 1.54) is 33.8 Å². The number of nitro benzene ring substituents is 1. The molecule has 14 heteroatoms. The average molecular weight is 556 g/mol. The lowest BCUT2D eigenvalue weighted by Gasteiger charge is -2.38. The number of benzene rings is 1. The number of rotatable bonds is 5. The number of aromatic nitrogens is 1. The van der Waals surface area contributed by atoms with Gasteiger partial charge in [0.05, 0.1) is 25.4 Å². The lowest BCUT2D eigenvalue weighted by molar-refractivity contribution is -0.384. The molecular formula is C21H22ClN5O5S3. The van der Waals surface area contributed by atoms with Crippen LogP contribution in [0.1, 0.15) is 12.8 Å². The molecule has 2 aliphatic rings. The van der Waals surface area contributed by atoms with Crippen molar-refractivity contribution in [3.05, 3.63) is 44.8 Å². The molecule has 4 heterocycles. The van der Waals surface area contributed by atoms with Gasteiger partial charge in [-0.05, 0) is 31.0 Å². The summed E-state index contributed by atoms with van der Waals surface area (Å²) in [4.78, 5) is 32.3. The molecule has 2 saturated heterocycles. The predicted octanol–water partition coefficient (Wildman–Crippen LogP) is 3.67. The van der Waals surface area contributed by atoms with Gasteiger partial charge in [-0.1, -0.05) is 22.9 Å². The largest absolute Gasteiger partial charge is 0.345 e. The van der Waals surface area contributed by atoms with Crippen LogP contribution in [0.5, 0.6) is 0 Å². The number of piperazine rings is 1. The number of piperidine rings is 1. The number of carbonyl (C=O) groups excluding carboxylic acids is 1. The van der Waals surface area contributed by atoms with Crippen molar-refractivity contribution in [2.75, 3.05) is 44.2 Å². The van der Waals surface area contributed by atoms with E-state index in [9.17, 15) is 23.3 Å². The SMILES string of the molecule is O=C(C1CCCN(S(=O)(=O)c2ccc(Cl)s2)C1)N1CCN(c2nc3ccc([N+](=O)[O-])cc3s2)CC1. The summed E-state index contributed by atoms with van der Waals surface area (Å²) in [7, 11) is -3.67. The topological polar surface area (TPSA) is 117 Å². The first-order valence-corrected chi connectivity index (χ1v) is 14.5. The van der Waals surface area contributed by atoms with E-state index in [4.69, 9.17) is 11.6 Å². The first-order valence-electron chi connectivity index (χ1n) is 11.1. The van der Waals surface area contributed by atoms with Crippen molar-refractivity contribution in [2.24, 2.45) is 5.92 Å². The van der Waals surface area contributed by atoms with E-state index in [0.717, 1.165) is 21.2 Å². The standard InChI is InChI=1S/C21H22ClN5O5S3/c22-18-5-6-19(34-18)35(31,32)26-7-1-2-14(13-26)20(28)24-8-10-25(11-9-24)21-23-16-4-3-15(27(29)30)12-17(16)33-21/h3-6,12,14H,1-2,7-11,13H2. The Balaban J connectivity index is 1.22. The zero-order valence-corrected chi connectivity index (χ0v) is 21.7. The lowest BCUT2D eigenvalue weighted by atomic mass is 9.98. The van der Waals surface area contributed by atoms with Crippen LogP contribution in [0.2, 0.25) is 4.34 Å². The van der Waals surface area contributed by atoms with Gasteiger partial charge in [0.2, 0.25) is 5.91 Å². The van der Waals surface area contributed by atoms with E-state index >= 15 is 0 Å². The number of hydrogen-bond donors (Lipinski definition) is 0. The van der Waals surface area contributed by atoms with Crippen LogP contribution in [0.3, 0.4) is 0 Å². The Morgan fingerprint density at radius 2 is 1.89 bits per heavy atom. The molecule has 0 aliphatic carbocycles. The zero-order valence-electron chi connectivity index (χ0n) is 18.5. The minimum absolute atomic E-state index is 0.0197. The fourth-order valence-electron chi connectivity index (χ4n) is 4.45. The van der Waals surface area contributed by atoms with Crippen LogP contribution in [-0.4, -0.2) is 72.7 Å². The lowest BCUT2D eigenvalue weighted by Crippen LogP contribution is -2.53. The van der Waals surface area contributed by atoms with E-state index in [1.807, 2.05) is 0 Å². The number of carbonyl (C=O) groups is 1. The van der Waals surface area contributed by atoms with Crippen molar-refractivity contribution in [3.8, 4) is 0 Å². The number of halogens is 1. The highest BCUT2D eigenvalue weighted by molar-refractivity contribution is 7.91. The Hall–Kier alpha value is -2.32. The molecule has 35 heavy (non-hydrogen) atoms. The number of non-ortho nitro benzene ring substituents is 1. The second-order valence-electron chi connectivity index (χ2n) is 8.48. The monoisotopic (exact) mass is 555 g/mol. The van der Waals surface area contributed by atoms with Crippen LogP contribution in [0.15, 0.2) is 34.5 Å². The highest BCUT2D eigenvalue weighted by Crippen LogP contribution is 2.33. The van der Waals surface area contributed by atoms with E-state index in [-0.39, 0.29) is 28.3 Å². The summed E-state index contributed by atoms with van der Waals surface area (Å²) in [6.07, 6.45) is 1.29. The Bertz CT molecular complexity index is 1380. The van der Waals surface area contributed by atoms with Crippen LogP contribution in [-0.2, 0) is 14.8 Å². The molecule has 0 saturated carbocycles. The molecule has 3 aromatic rings. The molecule has 0 spiro atoms. The fraction of sp³-hybridized carbons (Fsp3) is 0.429. The molecule has 0 bridgehead atoms. The third-order valence-electron chi connectivity index (χ3n) is 6.31. The van der Waals surface area contributed by atoms with Crippen LogP contribution < -0.4 is 4.90 Å². The molecule has 0 N–H and O–H groups in total. The molecule has 2 fully saturated rings. The first-order chi connectivity index (χ1) is 16.7. The summed E-state index contributed by atoms with van der Waals surface area (Å²) in [5.74, 6) is -0.391. The summed E-state index contributed by atoms with van der Waals surface area (Å²) in [5.41, 5.74) is 0.749. The Labute approximate surface area is 214 Å². The van der Waals surface area contributed by atoms with Gasteiger partial charge in [-0.3, -0.25) is 14.9 Å². The van der Waals surface area contributed by atoms with Crippen molar-refractivity contribution in [1.82, 2.24) is 14.2 Å². The van der Waals surface area contributed by atoms with Crippen LogP contribution in [0, 0.1) is 16.0 Å². The molecule has 10 nitrogen and oxygen atoms in total. The van der Waals surface area contributed by atoms with E-state index in [0.29, 0.717) is 55.4 Å². The minimum atomic E-state index is -3.67. The summed E-state index contributed by atoms with van der Waals surface area (Å²) < 4.78 is 28.7. The van der Waals surface area contributed by atoms with Crippen molar-refractivity contribution in [1.29, 1.82) is 0 Å². The van der Waals surface area contributed by atoms with E-state index < -0.39 is 14.9 Å². The van der Waals surface area contributed by atoms with Gasteiger partial charge < -0.3 is 9.80 Å². The highest BCUT2D eigenvalue weighted by atomic mass is 35.5. The first kappa shape index (κ1) is 24.4. The summed E-state index contributed by atoms with van der Waals surface area (Å²) >= 11 is 8.35. The average Bonchev–Trinajstić information content (AvgIpc) is 3.50. The maximum atomic E-state index is 13.2. The molecule has 0 radical (unpaired) electrons. The van der Waals surface area contributed by atoms with Crippen LogP contribution in [0.4, 0.5) is 10.8 Å². The van der Waals surface area contributed by atoms with Crippen molar-refractivity contribution in [3.63, 3.8) is 0 Å². The summed E-state index contributed by atoms with van der Waals surface area (Å²) in [6.45, 7) is 2.78. The quantitative estimate of drug-likeness (QED) is 0.348. The Morgan fingerprint density at radius 1 is 1.11 bits per heavy atom. The number of sulfonamides is 1. The molecule has 186 valence electrons. The molecule has 1 amide bonds. The number of thiophene rings is 1. The number of amides is 1. The predicted molar refractivity (Wildman–Crippen MR) is 136 cm³/mol. The van der Waals surface area contributed by atoms with Crippen molar-refractivity contribution < 1.29 is 18.1 Å². The number of thiazole rings is 1. The van der Waals surface area contributed by atoms with Gasteiger partial charge in [0.15, 0.2) is 5.13 Å². The van der Waals surface area contributed by atoms with Gasteiger partial charge >= 0.3 is 0 Å². The van der Waals surface area contributed by atoms with Crippen LogP contribution in [0.25, 0.3) is 10.2 Å². The zero-order chi connectivity index (χ0) is 24.7. The summed E-state index contributed by atoms with van der Waals surface area (Å²) in [6, 6.07) is 7.71. The molecule has 1 atom stereocenters. The van der Waals surface area contributed by atoms with E-state index in [1.54, 1.807) is 17.0 Å². The van der Waals surface area contributed by atoms with Gasteiger partial charge in [-0.25, -0.2) is 13.4 Å². The molecular weight excluding hydrogens is 534 g/mol. The number of anilines is 1. The van der Waals surface area contributed by atoms with E-state index in [2.05, 4.69) is 9.88 Å². The third-order valence-corrected chi connectivity index (χ3v) is 11.0. The molecule has 2 aliphatic heterocycles. The highest BCUT2D eigenvalue weighted by Gasteiger charge is 2.36. The van der Waals surface area contributed by atoms with Gasteiger partial charge in [-0.15, -0.1) is 11.3 Å². The second-order valence-corrected chi connectivity index (χ2v) is 13.4. The number of nitro groups is 1. The van der Waals surface area contributed by atoms with Crippen molar-refractivity contribution in [2.45, 2.75) is 17.1 Å². The smallest absolute Gasteiger partial charge is 0.270 e. The molecule has 1 unspecified atom stereocenters. The number of nitrogens with zero attached hydrogens (tertiary/aromatic N) is 5. The van der Waals surface area contributed by atoms with Gasteiger partial charge in [-0.2, -0.15) is 4.31 Å². The van der Waals surface area contributed by atoms with Crippen LogP contribution >= 0.6 is 34.3 Å². The maximum absolute atomic E-state index is 13.2. The molecule has 5 rings (SSSR count). The minimum Gasteiger partial charge on any atom is -0.345 e. The van der Waals surface area contributed by atoms with Crippen molar-refractivity contribution >= 4 is 71.2 Å². The van der Waals surface area contributed by atoms with Gasteiger partial charge in [0.25, 0.3) is 15.7 Å². The number of hydrogen-bond acceptors (Lipinski definition) is 9. The third kappa shape index (κ3) is 4.87. The number of fused-ring (bicyclic) bond motifs is 1. The normalized spacial score (nSPS) is 19.9. The molecule has 2 aromatic heterocycles. The molecule has 1 aromatic carbocycles. The maximum Gasteiger partial charge on any atom is 0.270 e. The Morgan fingerprint density at radius 3 is 2.57 bits per heavy atom.